The summed E-state index contributed by atoms with van der Waals surface area (Å²) in [6.45, 7) is 2.02. The van der Waals surface area contributed by atoms with Crippen LogP contribution in [0.2, 0.25) is 0 Å². The predicted molar refractivity (Wildman–Crippen MR) is 101 cm³/mol. The lowest BCUT2D eigenvalue weighted by Gasteiger charge is -2.15. The lowest BCUT2D eigenvalue weighted by Crippen LogP contribution is -2.14. The van der Waals surface area contributed by atoms with Crippen molar-refractivity contribution in [2.75, 3.05) is 11.6 Å². The molecule has 0 aliphatic heterocycles. The van der Waals surface area contributed by atoms with Gasteiger partial charge in [0.05, 0.1) is 0 Å². The number of anilines is 1. The van der Waals surface area contributed by atoms with E-state index in [2.05, 4.69) is 15.4 Å². The molecule has 2 aromatic heterocycles. The third-order valence-electron chi connectivity index (χ3n) is 4.64. The van der Waals surface area contributed by atoms with E-state index in [-0.39, 0.29) is 5.91 Å². The van der Waals surface area contributed by atoms with Gasteiger partial charge in [0.2, 0.25) is 0 Å². The molecule has 4 rings (SSSR count). The van der Waals surface area contributed by atoms with Crippen LogP contribution in [0.25, 0.3) is 5.65 Å². The van der Waals surface area contributed by atoms with Crippen LogP contribution in [0, 0.1) is 6.92 Å². The van der Waals surface area contributed by atoms with Crippen LogP contribution < -0.4 is 5.32 Å². The van der Waals surface area contributed by atoms with Gasteiger partial charge in [0.25, 0.3) is 5.91 Å². The molecule has 1 amide bonds. The molecule has 1 aliphatic carbocycles. The van der Waals surface area contributed by atoms with E-state index in [0.717, 1.165) is 35.5 Å². The van der Waals surface area contributed by atoms with Gasteiger partial charge in [-0.1, -0.05) is 17.7 Å². The van der Waals surface area contributed by atoms with Crippen LogP contribution in [0.4, 0.5) is 5.69 Å². The van der Waals surface area contributed by atoms with Gasteiger partial charge in [0.15, 0.2) is 5.65 Å². The topological polar surface area (TPSA) is 59.3 Å². The zero-order valence-corrected chi connectivity index (χ0v) is 15.2. The Kier molecular flexibility index (Phi) is 4.21. The Morgan fingerprint density at radius 2 is 1.96 bits per heavy atom. The largest absolute Gasteiger partial charge is 0.322 e. The predicted octanol–water partition coefficient (Wildman–Crippen LogP) is 3.89. The Bertz CT molecular complexity index is 946. The first-order valence-electron chi connectivity index (χ1n) is 8.49. The van der Waals surface area contributed by atoms with E-state index < -0.39 is 0 Å². The number of thioether (sulfide) groups is 1. The van der Waals surface area contributed by atoms with Gasteiger partial charge < -0.3 is 5.32 Å². The fraction of sp³-hybridized carbons (Fsp3) is 0.316. The number of nitrogens with one attached hydrogen (secondary N) is 1. The molecule has 3 aromatic rings. The minimum atomic E-state index is -0.161. The van der Waals surface area contributed by atoms with E-state index in [9.17, 15) is 4.79 Å². The molecule has 1 aliphatic rings. The second kappa shape index (κ2) is 6.52. The Labute approximate surface area is 150 Å². The number of rotatable bonds is 3. The van der Waals surface area contributed by atoms with Crippen molar-refractivity contribution in [1.82, 2.24) is 14.6 Å². The summed E-state index contributed by atoms with van der Waals surface area (Å²) in [5.74, 6) is -0.161. The van der Waals surface area contributed by atoms with Crippen LogP contribution in [0.15, 0.2) is 35.5 Å². The molecule has 25 heavy (non-hydrogen) atoms. The third-order valence-corrected chi connectivity index (χ3v) is 5.31. The standard InChI is InChI=1S/C19H20N4OS/c1-12-7-9-14(10-8-12)21-18(24)16-17-20-11-13-5-3-4-6-15(13)23(17)22-19(16)25-2/h7-11H,3-6H2,1-2H3,(H,21,24). The lowest BCUT2D eigenvalue weighted by atomic mass is 9.97. The monoisotopic (exact) mass is 352 g/mol. The highest BCUT2D eigenvalue weighted by Gasteiger charge is 2.24. The average Bonchev–Trinajstić information content (AvgIpc) is 3.03. The first-order chi connectivity index (χ1) is 12.2. The minimum absolute atomic E-state index is 0.161. The highest BCUT2D eigenvalue weighted by Crippen LogP contribution is 2.28. The van der Waals surface area contributed by atoms with Crippen LogP contribution in [0.3, 0.4) is 0 Å². The SMILES string of the molecule is CSc1nn2c3c(cnc2c1C(=O)Nc1ccc(C)cc1)CCCC3. The zero-order valence-electron chi connectivity index (χ0n) is 14.4. The highest BCUT2D eigenvalue weighted by atomic mass is 32.2. The Morgan fingerprint density at radius 1 is 1.20 bits per heavy atom. The van der Waals surface area contributed by atoms with Gasteiger partial charge in [-0.25, -0.2) is 9.50 Å². The van der Waals surface area contributed by atoms with Crippen molar-refractivity contribution in [3.63, 3.8) is 0 Å². The van der Waals surface area contributed by atoms with Gasteiger partial charge in [-0.2, -0.15) is 5.10 Å². The van der Waals surface area contributed by atoms with Crippen molar-refractivity contribution in [1.29, 1.82) is 0 Å². The highest BCUT2D eigenvalue weighted by molar-refractivity contribution is 7.98. The van der Waals surface area contributed by atoms with Crippen LogP contribution in [0.5, 0.6) is 0 Å². The summed E-state index contributed by atoms with van der Waals surface area (Å²) < 4.78 is 1.88. The molecule has 1 aromatic carbocycles. The van der Waals surface area contributed by atoms with E-state index in [1.807, 2.05) is 48.2 Å². The van der Waals surface area contributed by atoms with Crippen molar-refractivity contribution in [3.05, 3.63) is 52.8 Å². The Morgan fingerprint density at radius 3 is 2.72 bits per heavy atom. The maximum Gasteiger partial charge on any atom is 0.262 e. The van der Waals surface area contributed by atoms with Gasteiger partial charge in [-0.3, -0.25) is 4.79 Å². The number of benzene rings is 1. The summed E-state index contributed by atoms with van der Waals surface area (Å²) >= 11 is 1.48. The molecule has 0 saturated carbocycles. The maximum absolute atomic E-state index is 12.9. The molecule has 0 fully saturated rings. The summed E-state index contributed by atoms with van der Waals surface area (Å²) in [5.41, 5.74) is 5.59. The number of fused-ring (bicyclic) bond motifs is 3. The molecule has 5 nitrogen and oxygen atoms in total. The summed E-state index contributed by atoms with van der Waals surface area (Å²) in [4.78, 5) is 17.5. The summed E-state index contributed by atoms with van der Waals surface area (Å²) in [6.07, 6.45) is 8.23. The number of amides is 1. The second-order valence-corrected chi connectivity index (χ2v) is 7.17. The van der Waals surface area contributed by atoms with Crippen molar-refractivity contribution < 1.29 is 4.79 Å². The molecule has 128 valence electrons. The molecule has 0 saturated heterocycles. The number of hydrogen-bond acceptors (Lipinski definition) is 4. The van der Waals surface area contributed by atoms with Crippen LogP contribution >= 0.6 is 11.8 Å². The van der Waals surface area contributed by atoms with Gasteiger partial charge in [-0.15, -0.1) is 11.8 Å². The molecule has 0 atom stereocenters. The normalized spacial score (nSPS) is 13.7. The number of aryl methyl sites for hydroxylation is 3. The maximum atomic E-state index is 12.9. The van der Waals surface area contributed by atoms with Crippen LogP contribution in [-0.4, -0.2) is 26.8 Å². The third kappa shape index (κ3) is 2.91. The quantitative estimate of drug-likeness (QED) is 0.727. The molecule has 0 spiro atoms. The van der Waals surface area contributed by atoms with E-state index >= 15 is 0 Å². The van der Waals surface area contributed by atoms with Crippen LogP contribution in [-0.2, 0) is 12.8 Å². The van der Waals surface area contributed by atoms with E-state index in [1.165, 1.54) is 29.4 Å². The summed E-state index contributed by atoms with van der Waals surface area (Å²) in [5, 5.41) is 8.37. The first kappa shape index (κ1) is 16.1. The van der Waals surface area contributed by atoms with Gasteiger partial charge in [-0.05, 0) is 56.6 Å². The van der Waals surface area contributed by atoms with Crippen molar-refractivity contribution in [2.24, 2.45) is 0 Å². The summed E-state index contributed by atoms with van der Waals surface area (Å²) in [6, 6.07) is 7.78. The van der Waals surface area contributed by atoms with Crippen molar-refractivity contribution >= 4 is 29.0 Å². The fourth-order valence-corrected chi connectivity index (χ4v) is 3.85. The molecule has 6 heteroatoms. The lowest BCUT2D eigenvalue weighted by molar-refractivity contribution is 0.102. The van der Waals surface area contributed by atoms with Gasteiger partial charge in [0, 0.05) is 17.6 Å². The van der Waals surface area contributed by atoms with Crippen molar-refractivity contribution in [3.8, 4) is 0 Å². The van der Waals surface area contributed by atoms with Gasteiger partial charge in [0.1, 0.15) is 10.6 Å². The second-order valence-electron chi connectivity index (χ2n) is 6.38. The van der Waals surface area contributed by atoms with Crippen LogP contribution in [0.1, 0.15) is 40.0 Å². The molecule has 0 unspecified atom stereocenters. The zero-order chi connectivity index (χ0) is 17.4. The van der Waals surface area contributed by atoms with Crippen molar-refractivity contribution in [2.45, 2.75) is 37.6 Å². The molecular weight excluding hydrogens is 332 g/mol. The van der Waals surface area contributed by atoms with E-state index in [4.69, 9.17) is 0 Å². The minimum Gasteiger partial charge on any atom is -0.322 e. The van der Waals surface area contributed by atoms with E-state index in [1.54, 1.807) is 0 Å². The fourth-order valence-electron chi connectivity index (χ4n) is 3.30. The molecule has 2 heterocycles. The Hall–Kier alpha value is -2.34. The summed E-state index contributed by atoms with van der Waals surface area (Å²) in [7, 11) is 0. The molecule has 1 N–H and O–H groups in total. The van der Waals surface area contributed by atoms with Gasteiger partial charge >= 0.3 is 0 Å². The average molecular weight is 352 g/mol. The molecule has 0 bridgehead atoms. The first-order valence-corrected chi connectivity index (χ1v) is 9.71. The smallest absolute Gasteiger partial charge is 0.262 e. The molecular formula is C19H20N4OS. The van der Waals surface area contributed by atoms with E-state index in [0.29, 0.717) is 11.2 Å². The number of aromatic nitrogens is 3. The number of nitrogens with zero attached hydrogens (tertiary/aromatic N) is 3. The Balaban J connectivity index is 1.77. The number of hydrogen-bond donors (Lipinski definition) is 1. The number of carbonyl (C=O) groups excluding carboxylic acids is 1. The molecule has 0 radical (unpaired) electrons. The number of carbonyl (C=O) groups is 1.